The third kappa shape index (κ3) is 3.33. The number of aromatic nitrogens is 1. The molecule has 0 saturated carbocycles. The van der Waals surface area contributed by atoms with Gasteiger partial charge in [-0.3, -0.25) is 4.79 Å². The lowest BCUT2D eigenvalue weighted by molar-refractivity contribution is -0.133. The quantitative estimate of drug-likeness (QED) is 0.842. The monoisotopic (exact) mass is 356 g/mol. The summed E-state index contributed by atoms with van der Waals surface area (Å²) in [6.45, 7) is 4.41. The maximum absolute atomic E-state index is 12.8. The molecule has 26 heavy (non-hydrogen) atoms. The standard InChI is InChI=1S/C20H24N2O4/c1-15-6-7-16(26-15)19(23)22-11-8-17-20(13-22,9-4-12-24-17)14-25-18-5-2-3-10-21-18/h2-3,5-7,10,17H,4,8-9,11-14H2,1H3/t17-,20+/m0/s1. The van der Waals surface area contributed by atoms with Gasteiger partial charge in [0.15, 0.2) is 5.76 Å². The zero-order valence-corrected chi connectivity index (χ0v) is 15.0. The van der Waals surface area contributed by atoms with Crippen molar-refractivity contribution >= 4 is 5.91 Å². The van der Waals surface area contributed by atoms with Gasteiger partial charge in [0.25, 0.3) is 5.91 Å². The summed E-state index contributed by atoms with van der Waals surface area (Å²) in [7, 11) is 0. The molecule has 2 aromatic rings. The lowest BCUT2D eigenvalue weighted by atomic mass is 9.73. The van der Waals surface area contributed by atoms with Gasteiger partial charge in [-0.2, -0.15) is 0 Å². The van der Waals surface area contributed by atoms with Crippen LogP contribution in [-0.4, -0.2) is 48.2 Å². The number of pyridine rings is 1. The molecule has 1 amide bonds. The summed E-state index contributed by atoms with van der Waals surface area (Å²) in [6.07, 6.45) is 4.60. The van der Waals surface area contributed by atoms with Crippen molar-refractivity contribution < 1.29 is 18.7 Å². The molecule has 2 aromatic heterocycles. The highest BCUT2D eigenvalue weighted by Crippen LogP contribution is 2.41. The smallest absolute Gasteiger partial charge is 0.289 e. The van der Waals surface area contributed by atoms with Gasteiger partial charge < -0.3 is 18.8 Å². The van der Waals surface area contributed by atoms with E-state index < -0.39 is 0 Å². The molecule has 2 saturated heterocycles. The highest BCUT2D eigenvalue weighted by molar-refractivity contribution is 5.91. The molecule has 6 nitrogen and oxygen atoms in total. The molecule has 2 fully saturated rings. The van der Waals surface area contributed by atoms with Crippen LogP contribution in [0.25, 0.3) is 0 Å². The number of piperidine rings is 1. The van der Waals surface area contributed by atoms with Crippen LogP contribution in [0.5, 0.6) is 5.88 Å². The molecule has 0 aromatic carbocycles. The van der Waals surface area contributed by atoms with Crippen LogP contribution in [0, 0.1) is 12.3 Å². The van der Waals surface area contributed by atoms with Gasteiger partial charge in [0.05, 0.1) is 12.7 Å². The first kappa shape index (κ1) is 17.1. The van der Waals surface area contributed by atoms with E-state index in [0.29, 0.717) is 31.3 Å². The molecule has 0 aliphatic carbocycles. The van der Waals surface area contributed by atoms with Crippen molar-refractivity contribution in [3.63, 3.8) is 0 Å². The molecule has 4 rings (SSSR count). The van der Waals surface area contributed by atoms with E-state index in [0.717, 1.165) is 31.6 Å². The van der Waals surface area contributed by atoms with Gasteiger partial charge in [-0.25, -0.2) is 4.98 Å². The summed E-state index contributed by atoms with van der Waals surface area (Å²) in [4.78, 5) is 19.0. The van der Waals surface area contributed by atoms with Gasteiger partial charge in [-0.05, 0) is 44.4 Å². The van der Waals surface area contributed by atoms with Crippen molar-refractivity contribution in [1.29, 1.82) is 0 Å². The van der Waals surface area contributed by atoms with Gasteiger partial charge in [0, 0.05) is 37.4 Å². The number of rotatable bonds is 4. The molecule has 0 unspecified atom stereocenters. The van der Waals surface area contributed by atoms with Crippen LogP contribution in [0.2, 0.25) is 0 Å². The first-order valence-electron chi connectivity index (χ1n) is 9.17. The first-order chi connectivity index (χ1) is 12.7. The molecule has 138 valence electrons. The van der Waals surface area contributed by atoms with Crippen LogP contribution in [0.4, 0.5) is 0 Å². The second-order valence-corrected chi connectivity index (χ2v) is 7.21. The van der Waals surface area contributed by atoms with E-state index in [1.165, 1.54) is 0 Å². The zero-order valence-electron chi connectivity index (χ0n) is 15.0. The molecule has 0 spiro atoms. The summed E-state index contributed by atoms with van der Waals surface area (Å²) < 4.78 is 17.6. The maximum atomic E-state index is 12.8. The van der Waals surface area contributed by atoms with Crippen molar-refractivity contribution in [3.05, 3.63) is 48.0 Å². The number of carbonyl (C=O) groups excluding carboxylic acids is 1. The molecule has 6 heteroatoms. The van der Waals surface area contributed by atoms with E-state index in [4.69, 9.17) is 13.9 Å². The number of aryl methyl sites for hydroxylation is 1. The SMILES string of the molecule is Cc1ccc(C(=O)N2CC[C@@H]3OCCC[C@]3(COc3ccccn3)C2)o1. The molecule has 4 heterocycles. The van der Waals surface area contributed by atoms with Crippen molar-refractivity contribution in [2.24, 2.45) is 5.41 Å². The van der Waals surface area contributed by atoms with Crippen LogP contribution in [0.15, 0.2) is 40.9 Å². The summed E-state index contributed by atoms with van der Waals surface area (Å²) >= 11 is 0. The average Bonchev–Trinajstić information content (AvgIpc) is 3.12. The topological polar surface area (TPSA) is 64.8 Å². The Bertz CT molecular complexity index is 760. The fourth-order valence-electron chi connectivity index (χ4n) is 4.03. The average molecular weight is 356 g/mol. The lowest BCUT2D eigenvalue weighted by Crippen LogP contribution is -2.58. The fraction of sp³-hybridized carbons (Fsp3) is 0.500. The Morgan fingerprint density at radius 2 is 2.31 bits per heavy atom. The molecule has 0 radical (unpaired) electrons. The molecular formula is C20H24N2O4. The van der Waals surface area contributed by atoms with E-state index in [1.54, 1.807) is 12.3 Å². The van der Waals surface area contributed by atoms with E-state index >= 15 is 0 Å². The highest BCUT2D eigenvalue weighted by Gasteiger charge is 2.48. The maximum Gasteiger partial charge on any atom is 0.289 e. The second-order valence-electron chi connectivity index (χ2n) is 7.21. The molecule has 0 bridgehead atoms. The number of nitrogens with zero attached hydrogens (tertiary/aromatic N) is 2. The molecule has 0 N–H and O–H groups in total. The van der Waals surface area contributed by atoms with Crippen molar-refractivity contribution in [3.8, 4) is 5.88 Å². The number of hydrogen-bond donors (Lipinski definition) is 0. The number of ether oxygens (including phenoxy) is 2. The van der Waals surface area contributed by atoms with Crippen molar-refractivity contribution in [2.45, 2.75) is 32.3 Å². The largest absolute Gasteiger partial charge is 0.477 e. The van der Waals surface area contributed by atoms with Crippen LogP contribution in [0.1, 0.15) is 35.6 Å². The first-order valence-corrected chi connectivity index (χ1v) is 9.17. The minimum Gasteiger partial charge on any atom is -0.477 e. The van der Waals surface area contributed by atoms with Gasteiger partial charge in [-0.1, -0.05) is 6.07 Å². The predicted octanol–water partition coefficient (Wildman–Crippen LogP) is 3.07. The van der Waals surface area contributed by atoms with Gasteiger partial charge in [-0.15, -0.1) is 0 Å². The lowest BCUT2D eigenvalue weighted by Gasteiger charge is -2.49. The summed E-state index contributed by atoms with van der Waals surface area (Å²) in [6, 6.07) is 9.20. The Labute approximate surface area is 153 Å². The predicted molar refractivity (Wildman–Crippen MR) is 95.1 cm³/mol. The fourth-order valence-corrected chi connectivity index (χ4v) is 4.03. The van der Waals surface area contributed by atoms with Gasteiger partial charge in [0.1, 0.15) is 5.76 Å². The number of hydrogen-bond acceptors (Lipinski definition) is 5. The Morgan fingerprint density at radius 3 is 3.08 bits per heavy atom. The van der Waals surface area contributed by atoms with Crippen LogP contribution >= 0.6 is 0 Å². The zero-order chi connectivity index (χ0) is 18.0. The summed E-state index contributed by atoms with van der Waals surface area (Å²) in [5.74, 6) is 1.70. The minimum absolute atomic E-state index is 0.0562. The molecule has 2 aliphatic heterocycles. The summed E-state index contributed by atoms with van der Waals surface area (Å²) in [5, 5.41) is 0. The van der Waals surface area contributed by atoms with E-state index in [2.05, 4.69) is 4.98 Å². The Morgan fingerprint density at radius 1 is 1.38 bits per heavy atom. The number of furan rings is 1. The third-order valence-electron chi connectivity index (χ3n) is 5.37. The normalized spacial score (nSPS) is 25.6. The van der Waals surface area contributed by atoms with Crippen molar-refractivity contribution in [1.82, 2.24) is 9.88 Å². The van der Waals surface area contributed by atoms with Gasteiger partial charge >= 0.3 is 0 Å². The molecular weight excluding hydrogens is 332 g/mol. The minimum atomic E-state index is -0.203. The summed E-state index contributed by atoms with van der Waals surface area (Å²) in [5.41, 5.74) is -0.203. The van der Waals surface area contributed by atoms with E-state index in [9.17, 15) is 4.79 Å². The Kier molecular flexibility index (Phi) is 4.68. The van der Waals surface area contributed by atoms with E-state index in [1.807, 2.05) is 36.1 Å². The number of likely N-dealkylation sites (tertiary alicyclic amines) is 1. The van der Waals surface area contributed by atoms with Crippen molar-refractivity contribution in [2.75, 3.05) is 26.3 Å². The number of amides is 1. The third-order valence-corrected chi connectivity index (χ3v) is 5.37. The van der Waals surface area contributed by atoms with E-state index in [-0.39, 0.29) is 17.4 Å². The highest BCUT2D eigenvalue weighted by atomic mass is 16.5. The van der Waals surface area contributed by atoms with Crippen LogP contribution in [-0.2, 0) is 4.74 Å². The number of carbonyl (C=O) groups is 1. The van der Waals surface area contributed by atoms with Crippen LogP contribution < -0.4 is 4.74 Å². The molecule has 2 aliphatic rings. The van der Waals surface area contributed by atoms with Crippen LogP contribution in [0.3, 0.4) is 0 Å². The Balaban J connectivity index is 1.51. The van der Waals surface area contributed by atoms with Gasteiger partial charge in [0.2, 0.25) is 5.88 Å². The Hall–Kier alpha value is -2.34. The number of fused-ring (bicyclic) bond motifs is 1. The molecule has 2 atom stereocenters. The second kappa shape index (κ2) is 7.11.